The highest BCUT2D eigenvalue weighted by atomic mass is 16.5. The molecule has 15 heavy (non-hydrogen) atoms. The molecule has 0 radical (unpaired) electrons. The van der Waals surface area contributed by atoms with E-state index in [9.17, 15) is 0 Å². The van der Waals surface area contributed by atoms with Crippen LogP contribution in [-0.4, -0.2) is 19.7 Å². The van der Waals surface area contributed by atoms with Crippen molar-refractivity contribution >= 4 is 0 Å². The zero-order valence-electron chi connectivity index (χ0n) is 9.66. The molecule has 3 heteroatoms. The maximum Gasteiger partial charge on any atom is 0.123 e. The van der Waals surface area contributed by atoms with E-state index in [-0.39, 0.29) is 6.04 Å². The van der Waals surface area contributed by atoms with Crippen molar-refractivity contribution < 1.29 is 4.74 Å². The Morgan fingerprint density at radius 3 is 2.60 bits per heavy atom. The molecule has 0 amide bonds. The number of hydrogen-bond donors (Lipinski definition) is 2. The van der Waals surface area contributed by atoms with Gasteiger partial charge in [-0.15, -0.1) is 0 Å². The molecule has 0 aliphatic heterocycles. The second-order valence-corrected chi connectivity index (χ2v) is 3.91. The predicted molar refractivity (Wildman–Crippen MR) is 63.1 cm³/mol. The van der Waals surface area contributed by atoms with Crippen molar-refractivity contribution in [2.24, 2.45) is 5.73 Å². The Hall–Kier alpha value is -1.06. The number of benzene rings is 1. The van der Waals surface area contributed by atoms with E-state index in [1.54, 1.807) is 7.11 Å². The molecule has 1 rings (SSSR count). The molecule has 3 nitrogen and oxygen atoms in total. The molecular formula is C12H20N2O. The van der Waals surface area contributed by atoms with Gasteiger partial charge in [-0.1, -0.05) is 32.0 Å². The summed E-state index contributed by atoms with van der Waals surface area (Å²) in [5, 5.41) is 3.31. The molecule has 84 valence electrons. The van der Waals surface area contributed by atoms with Crippen LogP contribution in [0.3, 0.4) is 0 Å². The maximum atomic E-state index is 6.08. The van der Waals surface area contributed by atoms with E-state index < -0.39 is 0 Å². The van der Waals surface area contributed by atoms with Crippen LogP contribution in [0.1, 0.15) is 25.5 Å². The van der Waals surface area contributed by atoms with Gasteiger partial charge in [-0.05, 0) is 6.07 Å². The third kappa shape index (κ3) is 3.53. The third-order valence-electron chi connectivity index (χ3n) is 2.28. The normalized spacial score (nSPS) is 12.9. The van der Waals surface area contributed by atoms with Crippen molar-refractivity contribution in [3.8, 4) is 5.75 Å². The lowest BCUT2D eigenvalue weighted by atomic mass is 10.1. The van der Waals surface area contributed by atoms with Crippen molar-refractivity contribution in [3.63, 3.8) is 0 Å². The van der Waals surface area contributed by atoms with Gasteiger partial charge in [0.2, 0.25) is 0 Å². The van der Waals surface area contributed by atoms with Crippen LogP contribution in [0.5, 0.6) is 5.75 Å². The van der Waals surface area contributed by atoms with Crippen LogP contribution < -0.4 is 15.8 Å². The Kier molecular flexibility index (Phi) is 4.59. The summed E-state index contributed by atoms with van der Waals surface area (Å²) in [5.74, 6) is 0.857. The van der Waals surface area contributed by atoms with Crippen molar-refractivity contribution in [2.45, 2.75) is 25.9 Å². The smallest absolute Gasteiger partial charge is 0.123 e. The average molecular weight is 208 g/mol. The highest BCUT2D eigenvalue weighted by molar-refractivity contribution is 5.35. The summed E-state index contributed by atoms with van der Waals surface area (Å²) in [5.41, 5.74) is 7.13. The Morgan fingerprint density at radius 2 is 2.00 bits per heavy atom. The number of para-hydroxylation sites is 1. The van der Waals surface area contributed by atoms with Crippen LogP contribution >= 0.6 is 0 Å². The van der Waals surface area contributed by atoms with Crippen LogP contribution in [0.25, 0.3) is 0 Å². The van der Waals surface area contributed by atoms with Crippen LogP contribution in [0.2, 0.25) is 0 Å². The SMILES string of the molecule is COc1ccccc1C(N)CNC(C)C. The Balaban J connectivity index is 2.68. The summed E-state index contributed by atoms with van der Waals surface area (Å²) in [6.45, 7) is 4.97. The van der Waals surface area contributed by atoms with Crippen LogP contribution in [0.15, 0.2) is 24.3 Å². The first-order chi connectivity index (χ1) is 7.15. The summed E-state index contributed by atoms with van der Waals surface area (Å²) < 4.78 is 5.27. The topological polar surface area (TPSA) is 47.3 Å². The van der Waals surface area contributed by atoms with Crippen molar-refractivity contribution in [2.75, 3.05) is 13.7 Å². The molecule has 0 spiro atoms. The van der Waals surface area contributed by atoms with Gasteiger partial charge in [-0.2, -0.15) is 0 Å². The minimum absolute atomic E-state index is 0.0245. The number of ether oxygens (including phenoxy) is 1. The largest absolute Gasteiger partial charge is 0.496 e. The number of nitrogens with one attached hydrogen (secondary N) is 1. The molecule has 0 heterocycles. The minimum Gasteiger partial charge on any atom is -0.496 e. The molecule has 3 N–H and O–H groups in total. The van der Waals surface area contributed by atoms with Gasteiger partial charge in [0.25, 0.3) is 0 Å². The van der Waals surface area contributed by atoms with Gasteiger partial charge >= 0.3 is 0 Å². The molecular weight excluding hydrogens is 188 g/mol. The van der Waals surface area contributed by atoms with E-state index >= 15 is 0 Å². The van der Waals surface area contributed by atoms with Gasteiger partial charge in [0.1, 0.15) is 5.75 Å². The van der Waals surface area contributed by atoms with Gasteiger partial charge in [-0.25, -0.2) is 0 Å². The third-order valence-corrected chi connectivity index (χ3v) is 2.28. The molecule has 0 aromatic heterocycles. The standard InChI is InChI=1S/C12H20N2O/c1-9(2)14-8-11(13)10-6-4-5-7-12(10)15-3/h4-7,9,11,14H,8,13H2,1-3H3. The summed E-state index contributed by atoms with van der Waals surface area (Å²) in [6, 6.07) is 8.29. The highest BCUT2D eigenvalue weighted by Crippen LogP contribution is 2.22. The van der Waals surface area contributed by atoms with Crippen molar-refractivity contribution in [3.05, 3.63) is 29.8 Å². The van der Waals surface area contributed by atoms with Gasteiger partial charge in [0.05, 0.1) is 7.11 Å². The van der Waals surface area contributed by atoms with E-state index in [2.05, 4.69) is 19.2 Å². The van der Waals surface area contributed by atoms with E-state index in [1.807, 2.05) is 24.3 Å². The lowest BCUT2D eigenvalue weighted by molar-refractivity contribution is 0.403. The molecule has 1 unspecified atom stereocenters. The summed E-state index contributed by atoms with van der Waals surface area (Å²) in [4.78, 5) is 0. The monoisotopic (exact) mass is 208 g/mol. The van der Waals surface area contributed by atoms with E-state index in [0.717, 1.165) is 17.9 Å². The number of nitrogens with two attached hydrogens (primary N) is 1. The van der Waals surface area contributed by atoms with E-state index in [4.69, 9.17) is 10.5 Å². The molecule has 0 aliphatic carbocycles. The lowest BCUT2D eigenvalue weighted by Gasteiger charge is -2.17. The molecule has 1 aromatic rings. The highest BCUT2D eigenvalue weighted by Gasteiger charge is 2.10. The minimum atomic E-state index is -0.0245. The molecule has 0 saturated carbocycles. The number of methoxy groups -OCH3 is 1. The molecule has 1 aromatic carbocycles. The molecule has 0 saturated heterocycles. The lowest BCUT2D eigenvalue weighted by Crippen LogP contribution is -2.31. The van der Waals surface area contributed by atoms with Crippen LogP contribution in [-0.2, 0) is 0 Å². The summed E-state index contributed by atoms with van der Waals surface area (Å²) in [7, 11) is 1.67. The van der Waals surface area contributed by atoms with Crippen LogP contribution in [0, 0.1) is 0 Å². The predicted octanol–water partition coefficient (Wildman–Crippen LogP) is 1.69. The fourth-order valence-electron chi connectivity index (χ4n) is 1.45. The fraction of sp³-hybridized carbons (Fsp3) is 0.500. The maximum absolute atomic E-state index is 6.08. The molecule has 0 fully saturated rings. The van der Waals surface area contributed by atoms with Gasteiger partial charge < -0.3 is 15.8 Å². The Bertz CT molecular complexity index is 299. The molecule has 0 aliphatic rings. The van der Waals surface area contributed by atoms with Crippen molar-refractivity contribution in [1.82, 2.24) is 5.32 Å². The number of hydrogen-bond acceptors (Lipinski definition) is 3. The first-order valence-corrected chi connectivity index (χ1v) is 5.27. The summed E-state index contributed by atoms with van der Waals surface area (Å²) in [6.07, 6.45) is 0. The van der Waals surface area contributed by atoms with Gasteiger partial charge in [-0.3, -0.25) is 0 Å². The van der Waals surface area contributed by atoms with Crippen LogP contribution in [0.4, 0.5) is 0 Å². The first kappa shape index (κ1) is 12.0. The average Bonchev–Trinajstić information content (AvgIpc) is 2.25. The Labute approximate surface area is 91.6 Å². The molecule has 1 atom stereocenters. The summed E-state index contributed by atoms with van der Waals surface area (Å²) >= 11 is 0. The second kappa shape index (κ2) is 5.73. The quantitative estimate of drug-likeness (QED) is 0.774. The van der Waals surface area contributed by atoms with E-state index in [1.165, 1.54) is 0 Å². The number of rotatable bonds is 5. The zero-order valence-corrected chi connectivity index (χ0v) is 9.66. The fourth-order valence-corrected chi connectivity index (χ4v) is 1.45. The second-order valence-electron chi connectivity index (χ2n) is 3.91. The zero-order chi connectivity index (χ0) is 11.3. The first-order valence-electron chi connectivity index (χ1n) is 5.27. The van der Waals surface area contributed by atoms with Crippen molar-refractivity contribution in [1.29, 1.82) is 0 Å². The van der Waals surface area contributed by atoms with Gasteiger partial charge in [0.15, 0.2) is 0 Å². The Morgan fingerprint density at radius 1 is 1.33 bits per heavy atom. The van der Waals surface area contributed by atoms with Gasteiger partial charge in [0, 0.05) is 24.2 Å². The van der Waals surface area contributed by atoms with E-state index in [0.29, 0.717) is 6.04 Å². The molecule has 0 bridgehead atoms.